The van der Waals surface area contributed by atoms with Crippen molar-refractivity contribution >= 4 is 0 Å². The van der Waals surface area contributed by atoms with E-state index in [1.807, 2.05) is 7.05 Å². The van der Waals surface area contributed by atoms with Crippen molar-refractivity contribution in [2.24, 2.45) is 0 Å². The Hall–Kier alpha value is -0.0800. The lowest BCUT2D eigenvalue weighted by Crippen LogP contribution is -2.38. The molecule has 1 N–H and O–H groups in total. The van der Waals surface area contributed by atoms with Crippen LogP contribution in [0.1, 0.15) is 26.7 Å². The van der Waals surface area contributed by atoms with Gasteiger partial charge in [0.2, 0.25) is 0 Å². The summed E-state index contributed by atoms with van der Waals surface area (Å²) in [5.41, 5.74) is 3.08. The first kappa shape index (κ1) is 8.92. The molecule has 0 aliphatic heterocycles. The lowest BCUT2D eigenvalue weighted by atomic mass is 10.2. The normalized spacial score (nSPS) is 14.3. The SMILES string of the molecule is CCC[C@@H](C)N(C)NC. The fourth-order valence-electron chi connectivity index (χ4n) is 0.832. The van der Waals surface area contributed by atoms with Crippen molar-refractivity contribution < 1.29 is 0 Å². The molecule has 56 valence electrons. The van der Waals surface area contributed by atoms with Crippen LogP contribution in [0.2, 0.25) is 0 Å². The average molecular weight is 130 g/mol. The van der Waals surface area contributed by atoms with Crippen LogP contribution >= 0.6 is 0 Å². The highest BCUT2D eigenvalue weighted by molar-refractivity contribution is 4.56. The van der Waals surface area contributed by atoms with E-state index in [9.17, 15) is 0 Å². The third kappa shape index (κ3) is 3.49. The van der Waals surface area contributed by atoms with Gasteiger partial charge in [0.1, 0.15) is 0 Å². The molecule has 0 bridgehead atoms. The lowest BCUT2D eigenvalue weighted by molar-refractivity contribution is 0.184. The maximum absolute atomic E-state index is 3.08. The molecule has 0 radical (unpaired) electrons. The minimum atomic E-state index is 0.653. The minimum Gasteiger partial charge on any atom is -0.258 e. The summed E-state index contributed by atoms with van der Waals surface area (Å²) < 4.78 is 0. The fourth-order valence-corrected chi connectivity index (χ4v) is 0.832. The third-order valence-corrected chi connectivity index (χ3v) is 1.72. The molecule has 0 rings (SSSR count). The Bertz CT molecular complexity index is 63.9. The molecule has 0 aromatic rings. The van der Waals surface area contributed by atoms with Crippen molar-refractivity contribution in [3.05, 3.63) is 0 Å². The molecule has 2 heteroatoms. The molecule has 0 spiro atoms. The molecule has 0 heterocycles. The van der Waals surface area contributed by atoms with Gasteiger partial charge in [0.15, 0.2) is 0 Å². The first-order valence-electron chi connectivity index (χ1n) is 3.62. The summed E-state index contributed by atoms with van der Waals surface area (Å²) >= 11 is 0. The number of hydrogen-bond donors (Lipinski definition) is 1. The highest BCUT2D eigenvalue weighted by Gasteiger charge is 2.03. The van der Waals surface area contributed by atoms with E-state index < -0.39 is 0 Å². The van der Waals surface area contributed by atoms with Gasteiger partial charge in [0.25, 0.3) is 0 Å². The Morgan fingerprint density at radius 1 is 1.56 bits per heavy atom. The minimum absolute atomic E-state index is 0.653. The van der Waals surface area contributed by atoms with Crippen LogP contribution in [0, 0.1) is 0 Å². The van der Waals surface area contributed by atoms with Crippen molar-refractivity contribution in [1.29, 1.82) is 0 Å². The van der Waals surface area contributed by atoms with E-state index in [0.29, 0.717) is 6.04 Å². The molecule has 0 saturated carbocycles. The molecule has 0 unspecified atom stereocenters. The monoisotopic (exact) mass is 130 g/mol. The van der Waals surface area contributed by atoms with Gasteiger partial charge in [-0.2, -0.15) is 0 Å². The zero-order valence-electron chi connectivity index (χ0n) is 6.94. The largest absolute Gasteiger partial charge is 0.258 e. The first-order valence-corrected chi connectivity index (χ1v) is 3.62. The summed E-state index contributed by atoms with van der Waals surface area (Å²) in [7, 11) is 4.02. The number of nitrogens with one attached hydrogen (secondary N) is 1. The molecule has 0 aromatic carbocycles. The van der Waals surface area contributed by atoms with Crippen molar-refractivity contribution in [3.63, 3.8) is 0 Å². The quantitative estimate of drug-likeness (QED) is 0.576. The number of nitrogens with zero attached hydrogens (tertiary/aromatic N) is 1. The van der Waals surface area contributed by atoms with Crippen molar-refractivity contribution in [2.45, 2.75) is 32.7 Å². The van der Waals surface area contributed by atoms with Crippen LogP contribution in [0.15, 0.2) is 0 Å². The van der Waals surface area contributed by atoms with Gasteiger partial charge in [-0.25, -0.2) is 5.01 Å². The summed E-state index contributed by atoms with van der Waals surface area (Å²) in [5.74, 6) is 0. The van der Waals surface area contributed by atoms with Gasteiger partial charge in [0.05, 0.1) is 0 Å². The molecule has 9 heavy (non-hydrogen) atoms. The molecular weight excluding hydrogens is 112 g/mol. The van der Waals surface area contributed by atoms with Gasteiger partial charge < -0.3 is 0 Å². The first-order chi connectivity index (χ1) is 4.22. The maximum Gasteiger partial charge on any atom is 0.0211 e. The molecule has 2 nitrogen and oxygen atoms in total. The second kappa shape index (κ2) is 4.77. The highest BCUT2D eigenvalue weighted by Crippen LogP contribution is 1.99. The van der Waals surface area contributed by atoms with Crippen LogP contribution in [0.4, 0.5) is 0 Å². The van der Waals surface area contributed by atoms with E-state index in [1.165, 1.54) is 12.8 Å². The topological polar surface area (TPSA) is 15.3 Å². The van der Waals surface area contributed by atoms with Crippen molar-refractivity contribution in [3.8, 4) is 0 Å². The summed E-state index contributed by atoms with van der Waals surface area (Å²) in [4.78, 5) is 0. The standard InChI is InChI=1S/C7H18N2/c1-5-6-7(2)9(4)8-3/h7-8H,5-6H2,1-4H3/t7-/m1/s1. The summed E-state index contributed by atoms with van der Waals surface area (Å²) in [5, 5.41) is 2.13. The van der Waals surface area contributed by atoms with Crippen LogP contribution in [0.5, 0.6) is 0 Å². The van der Waals surface area contributed by atoms with Gasteiger partial charge in [-0.1, -0.05) is 13.3 Å². The van der Waals surface area contributed by atoms with Gasteiger partial charge in [-0.3, -0.25) is 5.43 Å². The van der Waals surface area contributed by atoms with Crippen LogP contribution in [0.25, 0.3) is 0 Å². The Morgan fingerprint density at radius 3 is 2.44 bits per heavy atom. The van der Waals surface area contributed by atoms with Gasteiger partial charge in [-0.05, 0) is 20.4 Å². The highest BCUT2D eigenvalue weighted by atomic mass is 15.5. The Morgan fingerprint density at radius 2 is 2.11 bits per heavy atom. The van der Waals surface area contributed by atoms with E-state index >= 15 is 0 Å². The second-order valence-corrected chi connectivity index (χ2v) is 2.47. The summed E-state index contributed by atoms with van der Waals surface area (Å²) in [6, 6.07) is 0.653. The van der Waals surface area contributed by atoms with Crippen LogP contribution in [-0.4, -0.2) is 25.1 Å². The molecule has 0 aromatic heterocycles. The molecule has 0 fully saturated rings. The molecular formula is C7H18N2. The molecule has 0 amide bonds. The summed E-state index contributed by atoms with van der Waals surface area (Å²) in [6.45, 7) is 4.43. The number of hydrazine groups is 1. The Labute approximate surface area is 58.2 Å². The Kier molecular flexibility index (Phi) is 4.72. The van der Waals surface area contributed by atoms with Crippen molar-refractivity contribution in [2.75, 3.05) is 14.1 Å². The molecule has 0 aliphatic carbocycles. The Balaban J connectivity index is 3.32. The average Bonchev–Trinajstić information content (AvgIpc) is 1.87. The van der Waals surface area contributed by atoms with Crippen LogP contribution in [-0.2, 0) is 0 Å². The molecule has 1 atom stereocenters. The van der Waals surface area contributed by atoms with Crippen molar-refractivity contribution in [1.82, 2.24) is 10.4 Å². The predicted molar refractivity (Wildman–Crippen MR) is 41.2 cm³/mol. The molecule has 0 saturated heterocycles. The zero-order chi connectivity index (χ0) is 7.28. The fraction of sp³-hybridized carbons (Fsp3) is 1.00. The maximum atomic E-state index is 3.08. The third-order valence-electron chi connectivity index (χ3n) is 1.72. The number of rotatable bonds is 4. The van der Waals surface area contributed by atoms with E-state index in [0.717, 1.165) is 0 Å². The lowest BCUT2D eigenvalue weighted by Gasteiger charge is -2.22. The van der Waals surface area contributed by atoms with Gasteiger partial charge >= 0.3 is 0 Å². The second-order valence-electron chi connectivity index (χ2n) is 2.47. The summed E-state index contributed by atoms with van der Waals surface area (Å²) in [6.07, 6.45) is 2.52. The predicted octanol–water partition coefficient (Wildman–Crippen LogP) is 1.24. The van der Waals surface area contributed by atoms with Crippen LogP contribution in [0.3, 0.4) is 0 Å². The zero-order valence-corrected chi connectivity index (χ0v) is 6.94. The van der Waals surface area contributed by atoms with Gasteiger partial charge in [-0.15, -0.1) is 0 Å². The molecule has 0 aliphatic rings. The van der Waals surface area contributed by atoms with E-state index in [1.54, 1.807) is 0 Å². The van der Waals surface area contributed by atoms with Gasteiger partial charge in [0, 0.05) is 13.1 Å². The van der Waals surface area contributed by atoms with E-state index in [-0.39, 0.29) is 0 Å². The number of hydrogen-bond acceptors (Lipinski definition) is 2. The van der Waals surface area contributed by atoms with E-state index in [4.69, 9.17) is 0 Å². The smallest absolute Gasteiger partial charge is 0.0211 e. The van der Waals surface area contributed by atoms with E-state index in [2.05, 4.69) is 31.3 Å². The van der Waals surface area contributed by atoms with Crippen LogP contribution < -0.4 is 5.43 Å².